The fourth-order valence-corrected chi connectivity index (χ4v) is 3.51. The molecule has 0 aliphatic heterocycles. The van der Waals surface area contributed by atoms with E-state index in [1.165, 1.54) is 22.3 Å². The maximum absolute atomic E-state index is 12.1. The molecule has 0 fully saturated rings. The van der Waals surface area contributed by atoms with Gasteiger partial charge in [-0.3, -0.25) is 0 Å². The second-order valence-electron chi connectivity index (χ2n) is 6.55. The number of carbonyl (C=O) groups is 1. The van der Waals surface area contributed by atoms with E-state index in [1.807, 2.05) is 24.3 Å². The van der Waals surface area contributed by atoms with Crippen LogP contribution < -0.4 is 5.32 Å². The summed E-state index contributed by atoms with van der Waals surface area (Å²) in [4.78, 5) is 12.1. The van der Waals surface area contributed by atoms with E-state index in [4.69, 9.17) is 16.3 Å². The lowest BCUT2D eigenvalue weighted by Crippen LogP contribution is -2.26. The molecule has 1 aliphatic rings. The highest BCUT2D eigenvalue weighted by Gasteiger charge is 2.28. The number of fused-ring (bicyclic) bond motifs is 3. The van der Waals surface area contributed by atoms with E-state index in [0.29, 0.717) is 30.4 Å². The van der Waals surface area contributed by atoms with Crippen molar-refractivity contribution in [2.45, 2.75) is 12.3 Å². The zero-order valence-electron chi connectivity index (χ0n) is 15.6. The summed E-state index contributed by atoms with van der Waals surface area (Å²) in [6.45, 7) is 0.691. The lowest BCUT2D eigenvalue weighted by molar-refractivity contribution is 0.143. The predicted octanol–water partition coefficient (Wildman–Crippen LogP) is 4.41. The molecule has 0 saturated carbocycles. The Hall–Kier alpha value is -3.36. The van der Waals surface area contributed by atoms with Gasteiger partial charge in [0.15, 0.2) is 5.15 Å². The average Bonchev–Trinajstić information content (AvgIpc) is 3.07. The largest absolute Gasteiger partial charge is 0.449 e. The average molecular weight is 404 g/mol. The lowest BCUT2D eigenvalue weighted by Gasteiger charge is -2.14. The van der Waals surface area contributed by atoms with Crippen molar-refractivity contribution in [3.63, 3.8) is 0 Å². The molecule has 4 rings (SSSR count). The SMILES string of the molecule is O=C(NCCC#Cc1ccc(Cl)nn1)OCC1c2ccccc2-c2ccccc21. The number of hydrogen-bond donors (Lipinski definition) is 1. The highest BCUT2D eigenvalue weighted by atomic mass is 35.5. The minimum Gasteiger partial charge on any atom is -0.449 e. The maximum atomic E-state index is 12.1. The van der Waals surface area contributed by atoms with Gasteiger partial charge in [0, 0.05) is 18.9 Å². The number of nitrogens with zero attached hydrogens (tertiary/aromatic N) is 2. The fraction of sp³-hybridized carbons (Fsp3) is 0.174. The summed E-state index contributed by atoms with van der Waals surface area (Å²) < 4.78 is 5.48. The minimum absolute atomic E-state index is 0.0522. The zero-order valence-corrected chi connectivity index (χ0v) is 16.3. The summed E-state index contributed by atoms with van der Waals surface area (Å²) in [5, 5.41) is 10.6. The van der Waals surface area contributed by atoms with Gasteiger partial charge in [-0.2, -0.15) is 0 Å². The van der Waals surface area contributed by atoms with Crippen LogP contribution >= 0.6 is 11.6 Å². The number of hydrogen-bond acceptors (Lipinski definition) is 4. The fourth-order valence-electron chi connectivity index (χ4n) is 3.41. The first-order valence-electron chi connectivity index (χ1n) is 9.29. The van der Waals surface area contributed by atoms with Gasteiger partial charge in [0.25, 0.3) is 0 Å². The van der Waals surface area contributed by atoms with E-state index >= 15 is 0 Å². The highest BCUT2D eigenvalue weighted by Crippen LogP contribution is 2.44. The van der Waals surface area contributed by atoms with E-state index in [1.54, 1.807) is 12.1 Å². The van der Waals surface area contributed by atoms with Crippen molar-refractivity contribution in [1.29, 1.82) is 0 Å². The molecule has 0 atom stereocenters. The number of alkyl carbamates (subject to hydrolysis) is 1. The van der Waals surface area contributed by atoms with Gasteiger partial charge < -0.3 is 10.1 Å². The van der Waals surface area contributed by atoms with Gasteiger partial charge in [-0.15, -0.1) is 10.2 Å². The van der Waals surface area contributed by atoms with Gasteiger partial charge in [-0.1, -0.05) is 66.1 Å². The van der Waals surface area contributed by atoms with Crippen molar-refractivity contribution in [2.24, 2.45) is 0 Å². The Morgan fingerprint density at radius 2 is 1.69 bits per heavy atom. The Labute approximate surface area is 174 Å². The molecule has 6 heteroatoms. The molecule has 29 heavy (non-hydrogen) atoms. The van der Waals surface area contributed by atoms with Crippen molar-refractivity contribution < 1.29 is 9.53 Å². The number of ether oxygens (including phenoxy) is 1. The Morgan fingerprint density at radius 3 is 2.34 bits per heavy atom. The topological polar surface area (TPSA) is 64.1 Å². The minimum atomic E-state index is -0.444. The molecule has 1 heterocycles. The number of nitrogens with one attached hydrogen (secondary N) is 1. The van der Waals surface area contributed by atoms with E-state index in [2.05, 4.69) is 51.6 Å². The number of rotatable bonds is 4. The molecule has 0 radical (unpaired) electrons. The molecule has 0 bridgehead atoms. The molecule has 0 saturated heterocycles. The van der Waals surface area contributed by atoms with Gasteiger partial charge >= 0.3 is 6.09 Å². The summed E-state index contributed by atoms with van der Waals surface area (Å²) in [6.07, 6.45) is 0.0362. The number of halogens is 1. The summed E-state index contributed by atoms with van der Waals surface area (Å²) in [7, 11) is 0. The monoisotopic (exact) mass is 403 g/mol. The highest BCUT2D eigenvalue weighted by molar-refractivity contribution is 6.29. The molecule has 3 aromatic rings. The van der Waals surface area contributed by atoms with E-state index in [9.17, 15) is 4.79 Å². The molecule has 0 unspecified atom stereocenters. The summed E-state index contributed by atoms with van der Waals surface area (Å²) >= 11 is 5.68. The van der Waals surface area contributed by atoms with E-state index < -0.39 is 6.09 Å². The third-order valence-corrected chi connectivity index (χ3v) is 4.91. The summed E-state index contributed by atoms with van der Waals surface area (Å²) in [5.74, 6) is 5.86. The molecule has 1 amide bonds. The molecule has 144 valence electrons. The van der Waals surface area contributed by atoms with Gasteiger partial charge in [-0.25, -0.2) is 4.79 Å². The molecular weight excluding hydrogens is 386 g/mol. The third kappa shape index (κ3) is 4.39. The van der Waals surface area contributed by atoms with E-state index in [0.717, 1.165) is 0 Å². The van der Waals surface area contributed by atoms with Gasteiger partial charge in [0.05, 0.1) is 0 Å². The van der Waals surface area contributed by atoms with Gasteiger partial charge in [-0.05, 0) is 40.3 Å². The van der Waals surface area contributed by atoms with Crippen LogP contribution in [0.1, 0.15) is 29.2 Å². The van der Waals surface area contributed by atoms with Crippen molar-refractivity contribution in [1.82, 2.24) is 15.5 Å². The van der Waals surface area contributed by atoms with Crippen LogP contribution in [0.15, 0.2) is 60.7 Å². The summed E-state index contributed by atoms with van der Waals surface area (Å²) in [6, 6.07) is 19.8. The molecule has 1 aliphatic carbocycles. The number of benzene rings is 2. The molecule has 1 N–H and O–H groups in total. The first-order chi connectivity index (χ1) is 14.2. The van der Waals surface area contributed by atoms with Crippen LogP contribution in [0.3, 0.4) is 0 Å². The van der Waals surface area contributed by atoms with E-state index in [-0.39, 0.29) is 5.92 Å². The molecule has 2 aromatic carbocycles. The molecule has 1 aromatic heterocycles. The van der Waals surface area contributed by atoms with Gasteiger partial charge in [0.2, 0.25) is 0 Å². The van der Waals surface area contributed by atoms with Crippen LogP contribution in [0.5, 0.6) is 0 Å². The van der Waals surface area contributed by atoms with Gasteiger partial charge in [0.1, 0.15) is 12.3 Å². The standard InChI is InChI=1S/C23H18ClN3O2/c24-22-13-12-16(26-27-22)7-5-6-14-25-23(28)29-15-21-19-10-3-1-8-17(19)18-9-2-4-11-20(18)21/h1-4,8-13,21H,6,14-15H2,(H,25,28). The molecular formula is C23H18ClN3O2. The third-order valence-electron chi connectivity index (χ3n) is 4.71. The van der Waals surface area contributed by atoms with Crippen LogP contribution in [-0.4, -0.2) is 29.4 Å². The zero-order chi connectivity index (χ0) is 20.1. The van der Waals surface area contributed by atoms with Crippen LogP contribution in [-0.2, 0) is 4.74 Å². The maximum Gasteiger partial charge on any atom is 0.407 e. The van der Waals surface area contributed by atoms with Crippen molar-refractivity contribution in [2.75, 3.05) is 13.2 Å². The van der Waals surface area contributed by atoms with Crippen LogP contribution in [0.4, 0.5) is 4.79 Å². The smallest absolute Gasteiger partial charge is 0.407 e. The first kappa shape index (κ1) is 19.0. The molecule has 0 spiro atoms. The number of aromatic nitrogens is 2. The van der Waals surface area contributed by atoms with Crippen LogP contribution in [0.25, 0.3) is 11.1 Å². The van der Waals surface area contributed by atoms with Crippen LogP contribution in [0, 0.1) is 11.8 Å². The van der Waals surface area contributed by atoms with Crippen molar-refractivity contribution in [3.8, 4) is 23.0 Å². The predicted molar refractivity (Wildman–Crippen MR) is 112 cm³/mol. The quantitative estimate of drug-likeness (QED) is 0.517. The lowest BCUT2D eigenvalue weighted by atomic mass is 9.98. The summed E-state index contributed by atoms with van der Waals surface area (Å²) in [5.41, 5.74) is 5.33. The van der Waals surface area contributed by atoms with Crippen molar-refractivity contribution in [3.05, 3.63) is 82.6 Å². The normalized spacial score (nSPS) is 11.8. The number of amides is 1. The first-order valence-corrected chi connectivity index (χ1v) is 9.67. The second kappa shape index (κ2) is 8.76. The Bertz CT molecular complexity index is 1040. The van der Waals surface area contributed by atoms with Crippen LogP contribution in [0.2, 0.25) is 5.15 Å². The Kier molecular flexibility index (Phi) is 5.73. The second-order valence-corrected chi connectivity index (χ2v) is 6.93. The van der Waals surface area contributed by atoms with Crippen molar-refractivity contribution >= 4 is 17.7 Å². The molecule has 5 nitrogen and oxygen atoms in total. The Balaban J connectivity index is 1.29. The Morgan fingerprint density at radius 1 is 1.00 bits per heavy atom. The number of carbonyl (C=O) groups excluding carboxylic acids is 1.